The van der Waals surface area contributed by atoms with Crippen molar-refractivity contribution in [1.29, 1.82) is 0 Å². The molecule has 2 aliphatic rings. The molecule has 0 radical (unpaired) electrons. The fourth-order valence-electron chi connectivity index (χ4n) is 3.13. The lowest BCUT2D eigenvalue weighted by molar-refractivity contribution is 0.0777. The number of nitrogens with two attached hydrogens (primary N) is 1. The minimum absolute atomic E-state index is 0. The highest BCUT2D eigenvalue weighted by atomic mass is 127. The Bertz CT molecular complexity index is 297. The summed E-state index contributed by atoms with van der Waals surface area (Å²) >= 11 is 0. The van der Waals surface area contributed by atoms with Gasteiger partial charge in [0.1, 0.15) is 0 Å². The Morgan fingerprint density at radius 1 is 1.15 bits per heavy atom. The minimum atomic E-state index is 0. The molecule has 1 aliphatic heterocycles. The van der Waals surface area contributed by atoms with Crippen LogP contribution in [0.4, 0.5) is 0 Å². The van der Waals surface area contributed by atoms with E-state index in [1.54, 1.807) is 7.11 Å². The number of methoxy groups -OCH3 is 1. The Hall–Kier alpha value is -0.0400. The van der Waals surface area contributed by atoms with Crippen LogP contribution < -0.4 is 5.73 Å². The maximum atomic E-state index is 6.18. The van der Waals surface area contributed by atoms with Gasteiger partial charge in [0.2, 0.25) is 0 Å². The predicted molar refractivity (Wildman–Crippen MR) is 94.7 cm³/mol. The number of likely N-dealkylation sites (tertiary alicyclic amines) is 1. The molecule has 0 bridgehead atoms. The molecule has 0 spiro atoms. The predicted octanol–water partition coefficient (Wildman–Crippen LogP) is 3.00. The van der Waals surface area contributed by atoms with Crippen molar-refractivity contribution in [3.8, 4) is 0 Å². The average Bonchev–Trinajstić information content (AvgIpc) is 2.65. The quantitative estimate of drug-likeness (QED) is 0.442. The molecule has 4 nitrogen and oxygen atoms in total. The van der Waals surface area contributed by atoms with E-state index >= 15 is 0 Å². The number of hydrogen-bond donors (Lipinski definition) is 1. The van der Waals surface area contributed by atoms with Crippen molar-refractivity contribution in [1.82, 2.24) is 4.90 Å². The molecular formula is C15H30IN3O. The summed E-state index contributed by atoms with van der Waals surface area (Å²) in [5.74, 6) is 0.769. The van der Waals surface area contributed by atoms with E-state index in [0.717, 1.165) is 38.6 Å². The first kappa shape index (κ1) is 18.0. The number of guanidine groups is 1. The van der Waals surface area contributed by atoms with E-state index in [-0.39, 0.29) is 24.0 Å². The monoisotopic (exact) mass is 395 g/mol. The van der Waals surface area contributed by atoms with Crippen molar-refractivity contribution in [2.45, 2.75) is 51.4 Å². The number of hydrogen-bond acceptors (Lipinski definition) is 2. The molecule has 1 aliphatic carbocycles. The van der Waals surface area contributed by atoms with Crippen molar-refractivity contribution in [3.05, 3.63) is 0 Å². The van der Waals surface area contributed by atoms with E-state index in [9.17, 15) is 0 Å². The zero-order valence-electron chi connectivity index (χ0n) is 12.8. The maximum absolute atomic E-state index is 6.18. The lowest BCUT2D eigenvalue weighted by Gasteiger charge is -2.41. The molecule has 5 heteroatoms. The Kier molecular flexibility index (Phi) is 8.17. The second-order valence-electron chi connectivity index (χ2n) is 6.17. The molecule has 0 amide bonds. The van der Waals surface area contributed by atoms with Crippen LogP contribution in [0.25, 0.3) is 0 Å². The van der Waals surface area contributed by atoms with Crippen LogP contribution >= 0.6 is 24.0 Å². The van der Waals surface area contributed by atoms with Crippen molar-refractivity contribution in [3.63, 3.8) is 0 Å². The Morgan fingerprint density at radius 3 is 2.30 bits per heavy atom. The summed E-state index contributed by atoms with van der Waals surface area (Å²) in [6, 6.07) is 0. The molecule has 2 rings (SSSR count). The third-order valence-electron chi connectivity index (χ3n) is 4.76. The lowest BCUT2D eigenvalue weighted by atomic mass is 9.67. The second kappa shape index (κ2) is 9.07. The zero-order chi connectivity index (χ0) is 13.6. The summed E-state index contributed by atoms with van der Waals surface area (Å²) < 4.78 is 5.22. The number of halogens is 1. The lowest BCUT2D eigenvalue weighted by Crippen LogP contribution is -2.40. The molecule has 0 aromatic heterocycles. The topological polar surface area (TPSA) is 50.9 Å². The van der Waals surface area contributed by atoms with Crippen molar-refractivity contribution in [2.24, 2.45) is 16.1 Å². The number of rotatable bonds is 5. The Balaban J connectivity index is 0.00000200. The van der Waals surface area contributed by atoms with Crippen LogP contribution in [-0.2, 0) is 4.74 Å². The van der Waals surface area contributed by atoms with Gasteiger partial charge in [0.25, 0.3) is 0 Å². The standard InChI is InChI=1S/C15H29N3O.HI/c1-19-12-9-15(7-6-8-15)13-17-14(16)18-10-4-2-3-5-11-18;/h2-13H2,1H3,(H2,16,17);1H. The van der Waals surface area contributed by atoms with Crippen LogP contribution in [0.15, 0.2) is 4.99 Å². The van der Waals surface area contributed by atoms with Crippen molar-refractivity contribution < 1.29 is 4.74 Å². The third kappa shape index (κ3) is 5.06. The summed E-state index contributed by atoms with van der Waals surface area (Å²) in [6.07, 6.45) is 10.2. The van der Waals surface area contributed by atoms with E-state index in [1.807, 2.05) is 0 Å². The highest BCUT2D eigenvalue weighted by Gasteiger charge is 2.36. The van der Waals surface area contributed by atoms with Crippen LogP contribution in [0.1, 0.15) is 51.4 Å². The number of aliphatic imine (C=N–C) groups is 1. The van der Waals surface area contributed by atoms with Crippen molar-refractivity contribution in [2.75, 3.05) is 33.4 Å². The van der Waals surface area contributed by atoms with Gasteiger partial charge in [0.05, 0.1) is 0 Å². The highest BCUT2D eigenvalue weighted by molar-refractivity contribution is 14.0. The molecule has 118 valence electrons. The second-order valence-corrected chi connectivity index (χ2v) is 6.17. The van der Waals surface area contributed by atoms with E-state index < -0.39 is 0 Å². The molecule has 0 unspecified atom stereocenters. The summed E-state index contributed by atoms with van der Waals surface area (Å²) in [5, 5.41) is 0. The summed E-state index contributed by atoms with van der Waals surface area (Å²) in [6.45, 7) is 3.90. The van der Waals surface area contributed by atoms with Crippen LogP contribution in [0, 0.1) is 5.41 Å². The Morgan fingerprint density at radius 2 is 1.80 bits per heavy atom. The van der Waals surface area contributed by atoms with Gasteiger partial charge in [-0.1, -0.05) is 19.3 Å². The first-order valence-electron chi connectivity index (χ1n) is 7.80. The van der Waals surface area contributed by atoms with E-state index in [1.165, 1.54) is 44.9 Å². The summed E-state index contributed by atoms with van der Waals surface area (Å²) in [7, 11) is 1.78. The van der Waals surface area contributed by atoms with E-state index in [2.05, 4.69) is 4.90 Å². The average molecular weight is 395 g/mol. The fourth-order valence-corrected chi connectivity index (χ4v) is 3.13. The zero-order valence-corrected chi connectivity index (χ0v) is 15.1. The molecule has 20 heavy (non-hydrogen) atoms. The van der Waals surface area contributed by atoms with Crippen molar-refractivity contribution >= 4 is 29.9 Å². The van der Waals surface area contributed by atoms with Gasteiger partial charge in [-0.15, -0.1) is 24.0 Å². The van der Waals surface area contributed by atoms with E-state index in [4.69, 9.17) is 15.5 Å². The fraction of sp³-hybridized carbons (Fsp3) is 0.933. The molecule has 0 aromatic rings. The van der Waals surface area contributed by atoms with Gasteiger partial charge < -0.3 is 15.4 Å². The molecule has 0 aromatic carbocycles. The third-order valence-corrected chi connectivity index (χ3v) is 4.76. The van der Waals surface area contributed by atoms with Crippen LogP contribution in [0.2, 0.25) is 0 Å². The molecule has 2 N–H and O–H groups in total. The summed E-state index contributed by atoms with van der Waals surface area (Å²) in [5.41, 5.74) is 6.56. The van der Waals surface area contributed by atoms with Gasteiger partial charge in [0.15, 0.2) is 5.96 Å². The Labute approximate surface area is 140 Å². The maximum Gasteiger partial charge on any atom is 0.191 e. The van der Waals surface area contributed by atoms with Gasteiger partial charge in [-0.2, -0.15) is 0 Å². The smallest absolute Gasteiger partial charge is 0.191 e. The van der Waals surface area contributed by atoms with Crippen LogP contribution in [0.3, 0.4) is 0 Å². The summed E-state index contributed by atoms with van der Waals surface area (Å²) in [4.78, 5) is 6.97. The molecule has 2 fully saturated rings. The largest absolute Gasteiger partial charge is 0.385 e. The van der Waals surface area contributed by atoms with Gasteiger partial charge in [0, 0.05) is 33.4 Å². The van der Waals surface area contributed by atoms with Gasteiger partial charge in [-0.25, -0.2) is 0 Å². The molecule has 1 saturated heterocycles. The highest BCUT2D eigenvalue weighted by Crippen LogP contribution is 2.44. The number of ether oxygens (including phenoxy) is 1. The number of nitrogens with zero attached hydrogens (tertiary/aromatic N) is 2. The molecule has 0 atom stereocenters. The molecular weight excluding hydrogens is 365 g/mol. The van der Waals surface area contributed by atoms with Crippen LogP contribution in [-0.4, -0.2) is 44.2 Å². The SMILES string of the molecule is COCCC1(CN=C(N)N2CCCCCC2)CCC1.I. The first-order chi connectivity index (χ1) is 9.26. The molecule has 1 saturated carbocycles. The van der Waals surface area contributed by atoms with Gasteiger partial charge >= 0.3 is 0 Å². The minimum Gasteiger partial charge on any atom is -0.385 e. The first-order valence-corrected chi connectivity index (χ1v) is 7.80. The van der Waals surface area contributed by atoms with Gasteiger partial charge in [-0.3, -0.25) is 4.99 Å². The van der Waals surface area contributed by atoms with Gasteiger partial charge in [-0.05, 0) is 37.5 Å². The van der Waals surface area contributed by atoms with Crippen LogP contribution in [0.5, 0.6) is 0 Å². The van der Waals surface area contributed by atoms with E-state index in [0.29, 0.717) is 5.41 Å². The normalized spacial score (nSPS) is 22.6. The molecule has 1 heterocycles.